The molecule has 2 unspecified atom stereocenters. The van der Waals surface area contributed by atoms with Crippen LogP contribution >= 0.6 is 11.3 Å². The SMILES string of the molecule is CC(C)C1NC(c2cccs2)N(CC2CCCC2)C1=O. The molecular weight excluding hydrogens is 268 g/mol. The summed E-state index contributed by atoms with van der Waals surface area (Å²) < 4.78 is 0. The molecule has 1 amide bonds. The van der Waals surface area contributed by atoms with Crippen LogP contribution in [0.15, 0.2) is 17.5 Å². The van der Waals surface area contributed by atoms with Crippen molar-refractivity contribution in [3.63, 3.8) is 0 Å². The molecule has 1 aliphatic carbocycles. The summed E-state index contributed by atoms with van der Waals surface area (Å²) in [5.74, 6) is 1.35. The average Bonchev–Trinajstić information content (AvgIpc) is 3.13. The largest absolute Gasteiger partial charge is 0.320 e. The van der Waals surface area contributed by atoms with Gasteiger partial charge in [-0.3, -0.25) is 10.1 Å². The first kappa shape index (κ1) is 14.1. The minimum absolute atomic E-state index is 0.0245. The van der Waals surface area contributed by atoms with Crippen molar-refractivity contribution >= 4 is 17.2 Å². The fourth-order valence-corrected chi connectivity index (χ4v) is 4.26. The number of nitrogens with zero attached hydrogens (tertiary/aromatic N) is 1. The third kappa shape index (κ3) is 2.63. The summed E-state index contributed by atoms with van der Waals surface area (Å²) in [5, 5.41) is 5.65. The molecule has 2 fully saturated rings. The molecule has 2 atom stereocenters. The van der Waals surface area contributed by atoms with Gasteiger partial charge in [0.2, 0.25) is 5.91 Å². The van der Waals surface area contributed by atoms with Gasteiger partial charge in [0.25, 0.3) is 0 Å². The minimum Gasteiger partial charge on any atom is -0.320 e. The lowest BCUT2D eigenvalue weighted by Crippen LogP contribution is -2.36. The first-order chi connectivity index (χ1) is 9.66. The number of nitrogens with one attached hydrogen (secondary N) is 1. The molecule has 4 heteroatoms. The van der Waals surface area contributed by atoms with E-state index in [0.29, 0.717) is 17.7 Å². The molecule has 1 aliphatic heterocycles. The summed E-state index contributed by atoms with van der Waals surface area (Å²) in [6.07, 6.45) is 5.32. The van der Waals surface area contributed by atoms with Crippen LogP contribution in [0.5, 0.6) is 0 Å². The number of amides is 1. The highest BCUT2D eigenvalue weighted by Crippen LogP contribution is 2.34. The molecule has 0 radical (unpaired) electrons. The molecular formula is C16H24N2OS. The Kier molecular flexibility index (Phi) is 4.13. The van der Waals surface area contributed by atoms with E-state index in [1.165, 1.54) is 30.6 Å². The monoisotopic (exact) mass is 292 g/mol. The zero-order chi connectivity index (χ0) is 14.1. The molecule has 0 spiro atoms. The molecule has 1 aromatic rings. The summed E-state index contributed by atoms with van der Waals surface area (Å²) in [5.41, 5.74) is 0. The smallest absolute Gasteiger partial charge is 0.241 e. The summed E-state index contributed by atoms with van der Waals surface area (Å²) in [4.78, 5) is 16.1. The second kappa shape index (κ2) is 5.86. The maximum atomic E-state index is 12.7. The van der Waals surface area contributed by atoms with Crippen LogP contribution in [-0.4, -0.2) is 23.4 Å². The molecule has 2 heterocycles. The van der Waals surface area contributed by atoms with Crippen LogP contribution < -0.4 is 5.32 Å². The standard InChI is InChI=1S/C16H24N2OS/c1-11(2)14-16(19)18(10-12-6-3-4-7-12)15(17-14)13-8-5-9-20-13/h5,8-9,11-12,14-15,17H,3-4,6-7,10H2,1-2H3. The lowest BCUT2D eigenvalue weighted by Gasteiger charge is -2.26. The lowest BCUT2D eigenvalue weighted by atomic mass is 10.0. The van der Waals surface area contributed by atoms with E-state index in [1.54, 1.807) is 11.3 Å². The number of hydrogen-bond acceptors (Lipinski definition) is 3. The van der Waals surface area contributed by atoms with Crippen LogP contribution in [0.25, 0.3) is 0 Å². The maximum Gasteiger partial charge on any atom is 0.241 e. The first-order valence-corrected chi connectivity index (χ1v) is 8.64. The fourth-order valence-electron chi connectivity index (χ4n) is 3.46. The van der Waals surface area contributed by atoms with Gasteiger partial charge < -0.3 is 4.90 Å². The summed E-state index contributed by atoms with van der Waals surface area (Å²) in [6.45, 7) is 5.18. The number of carbonyl (C=O) groups is 1. The Morgan fingerprint density at radius 1 is 1.40 bits per heavy atom. The molecule has 0 bridgehead atoms. The molecule has 1 aromatic heterocycles. The van der Waals surface area contributed by atoms with Gasteiger partial charge in [0.15, 0.2) is 0 Å². The van der Waals surface area contributed by atoms with Crippen molar-refractivity contribution in [1.82, 2.24) is 10.2 Å². The summed E-state index contributed by atoms with van der Waals surface area (Å²) in [6, 6.07) is 4.19. The van der Waals surface area contributed by atoms with Gasteiger partial charge in [-0.2, -0.15) is 0 Å². The molecule has 110 valence electrons. The fraction of sp³-hybridized carbons (Fsp3) is 0.688. The van der Waals surface area contributed by atoms with E-state index in [-0.39, 0.29) is 12.2 Å². The number of hydrogen-bond donors (Lipinski definition) is 1. The Labute approximate surface area is 125 Å². The van der Waals surface area contributed by atoms with Crippen molar-refractivity contribution < 1.29 is 4.79 Å². The van der Waals surface area contributed by atoms with Gasteiger partial charge in [-0.1, -0.05) is 32.8 Å². The number of carbonyl (C=O) groups excluding carboxylic acids is 1. The van der Waals surface area contributed by atoms with Crippen molar-refractivity contribution in [2.45, 2.75) is 51.7 Å². The predicted octanol–water partition coefficient (Wildman–Crippen LogP) is 3.39. The molecule has 1 N–H and O–H groups in total. The average molecular weight is 292 g/mol. The van der Waals surface area contributed by atoms with Gasteiger partial charge in [-0.25, -0.2) is 0 Å². The van der Waals surface area contributed by atoms with Gasteiger partial charge in [-0.05, 0) is 36.1 Å². The number of thiophene rings is 1. The molecule has 1 saturated carbocycles. The molecule has 3 nitrogen and oxygen atoms in total. The van der Waals surface area contributed by atoms with Crippen molar-refractivity contribution in [1.29, 1.82) is 0 Å². The van der Waals surface area contributed by atoms with Crippen LogP contribution in [0.2, 0.25) is 0 Å². The molecule has 1 saturated heterocycles. The van der Waals surface area contributed by atoms with Crippen molar-refractivity contribution in [2.75, 3.05) is 6.54 Å². The van der Waals surface area contributed by atoms with Crippen molar-refractivity contribution in [3.8, 4) is 0 Å². The van der Waals surface area contributed by atoms with Crippen LogP contribution in [0.3, 0.4) is 0 Å². The Balaban J connectivity index is 1.80. The Hall–Kier alpha value is -0.870. The Bertz CT molecular complexity index is 451. The summed E-state index contributed by atoms with van der Waals surface area (Å²) >= 11 is 1.74. The highest BCUT2D eigenvalue weighted by molar-refractivity contribution is 7.10. The van der Waals surface area contributed by atoms with Gasteiger partial charge in [0.1, 0.15) is 6.17 Å². The van der Waals surface area contributed by atoms with Crippen LogP contribution in [-0.2, 0) is 4.79 Å². The zero-order valence-electron chi connectivity index (χ0n) is 12.3. The quantitative estimate of drug-likeness (QED) is 0.922. The highest BCUT2D eigenvalue weighted by atomic mass is 32.1. The third-order valence-corrected chi connectivity index (χ3v) is 5.53. The number of rotatable bonds is 4. The van der Waals surface area contributed by atoms with E-state index in [0.717, 1.165) is 6.54 Å². The van der Waals surface area contributed by atoms with Crippen molar-refractivity contribution in [3.05, 3.63) is 22.4 Å². The lowest BCUT2D eigenvalue weighted by molar-refractivity contribution is -0.131. The second-order valence-corrected chi connectivity index (χ2v) is 7.43. The topological polar surface area (TPSA) is 32.3 Å². The molecule has 0 aromatic carbocycles. The minimum atomic E-state index is -0.0245. The van der Waals surface area contributed by atoms with Crippen LogP contribution in [0.1, 0.15) is 50.6 Å². The third-order valence-electron chi connectivity index (χ3n) is 4.61. The zero-order valence-corrected chi connectivity index (χ0v) is 13.2. The van der Waals surface area contributed by atoms with E-state index in [1.807, 2.05) is 0 Å². The van der Waals surface area contributed by atoms with Gasteiger partial charge in [0, 0.05) is 11.4 Å². The van der Waals surface area contributed by atoms with E-state index >= 15 is 0 Å². The van der Waals surface area contributed by atoms with Gasteiger partial charge in [-0.15, -0.1) is 11.3 Å². The summed E-state index contributed by atoms with van der Waals surface area (Å²) in [7, 11) is 0. The predicted molar refractivity (Wildman–Crippen MR) is 82.5 cm³/mol. The van der Waals surface area contributed by atoms with Crippen LogP contribution in [0, 0.1) is 11.8 Å². The van der Waals surface area contributed by atoms with E-state index in [2.05, 4.69) is 41.6 Å². The Morgan fingerprint density at radius 2 is 2.15 bits per heavy atom. The second-order valence-electron chi connectivity index (χ2n) is 6.45. The van der Waals surface area contributed by atoms with E-state index in [4.69, 9.17) is 0 Å². The van der Waals surface area contributed by atoms with E-state index in [9.17, 15) is 4.79 Å². The highest BCUT2D eigenvalue weighted by Gasteiger charge is 2.42. The van der Waals surface area contributed by atoms with Crippen molar-refractivity contribution in [2.24, 2.45) is 11.8 Å². The van der Waals surface area contributed by atoms with E-state index < -0.39 is 0 Å². The molecule has 20 heavy (non-hydrogen) atoms. The molecule has 3 rings (SSSR count). The maximum absolute atomic E-state index is 12.7. The first-order valence-electron chi connectivity index (χ1n) is 7.76. The van der Waals surface area contributed by atoms with Crippen LogP contribution in [0.4, 0.5) is 0 Å². The normalized spacial score (nSPS) is 27.9. The van der Waals surface area contributed by atoms with Gasteiger partial charge in [0.05, 0.1) is 6.04 Å². The van der Waals surface area contributed by atoms with Gasteiger partial charge >= 0.3 is 0 Å². The Morgan fingerprint density at radius 3 is 2.75 bits per heavy atom. The molecule has 2 aliphatic rings.